The molecule has 1 aliphatic heterocycles. The maximum absolute atomic E-state index is 12.1. The van der Waals surface area contributed by atoms with E-state index in [-0.39, 0.29) is 6.09 Å². The van der Waals surface area contributed by atoms with Gasteiger partial charge in [0.15, 0.2) is 5.13 Å². The van der Waals surface area contributed by atoms with Crippen molar-refractivity contribution in [2.45, 2.75) is 35.5 Å². The van der Waals surface area contributed by atoms with Gasteiger partial charge < -0.3 is 14.5 Å². The predicted molar refractivity (Wildman–Crippen MR) is 100 cm³/mol. The Kier molecular flexibility index (Phi) is 5.48. The second kappa shape index (κ2) is 7.61. The molecule has 2 aromatic rings. The molecule has 0 saturated carbocycles. The summed E-state index contributed by atoms with van der Waals surface area (Å²) in [7, 11) is 0. The van der Waals surface area contributed by atoms with Crippen LogP contribution in [0.15, 0.2) is 39.8 Å². The lowest BCUT2D eigenvalue weighted by Crippen LogP contribution is -2.50. The molecular weight excluding hydrogens is 356 g/mol. The molecule has 1 fully saturated rings. The van der Waals surface area contributed by atoms with Gasteiger partial charge in [-0.2, -0.15) is 0 Å². The Balaban J connectivity index is 1.54. The van der Waals surface area contributed by atoms with E-state index in [0.29, 0.717) is 13.1 Å². The zero-order chi connectivity index (χ0) is 17.9. The number of nitrogens with zero attached hydrogens (tertiary/aromatic N) is 4. The van der Waals surface area contributed by atoms with Crippen molar-refractivity contribution in [2.75, 3.05) is 31.1 Å². The summed E-state index contributed by atoms with van der Waals surface area (Å²) in [5, 5.41) is 1.00. The lowest BCUT2D eigenvalue weighted by Gasteiger charge is -2.35. The van der Waals surface area contributed by atoms with Crippen molar-refractivity contribution in [1.29, 1.82) is 0 Å². The number of pyridine rings is 1. The highest BCUT2D eigenvalue weighted by Gasteiger charge is 2.26. The molecule has 134 valence electrons. The van der Waals surface area contributed by atoms with Crippen molar-refractivity contribution in [3.05, 3.63) is 30.7 Å². The Morgan fingerprint density at radius 1 is 1.20 bits per heavy atom. The Hall–Kier alpha value is -1.80. The van der Waals surface area contributed by atoms with Crippen molar-refractivity contribution < 1.29 is 9.53 Å². The van der Waals surface area contributed by atoms with E-state index in [4.69, 9.17) is 4.74 Å². The molecule has 25 heavy (non-hydrogen) atoms. The quantitative estimate of drug-likeness (QED) is 0.811. The molecule has 3 rings (SSSR count). The normalized spacial score (nSPS) is 15.3. The van der Waals surface area contributed by atoms with Crippen molar-refractivity contribution in [1.82, 2.24) is 14.9 Å². The zero-order valence-electron chi connectivity index (χ0n) is 14.6. The Bertz CT molecular complexity index is 707. The number of hydrogen-bond donors (Lipinski definition) is 0. The van der Waals surface area contributed by atoms with E-state index in [1.807, 2.05) is 39.1 Å². The number of amides is 1. The molecule has 0 bridgehead atoms. The molecule has 1 aliphatic rings. The second-order valence-electron chi connectivity index (χ2n) is 6.70. The third kappa shape index (κ3) is 5.09. The first-order valence-corrected chi connectivity index (χ1v) is 9.80. The van der Waals surface area contributed by atoms with Gasteiger partial charge in [-0.25, -0.2) is 9.78 Å². The van der Waals surface area contributed by atoms with Gasteiger partial charge in [-0.1, -0.05) is 23.1 Å². The lowest BCUT2D eigenvalue weighted by molar-refractivity contribution is 0.0240. The van der Waals surface area contributed by atoms with Crippen LogP contribution >= 0.6 is 23.1 Å². The molecule has 2 aromatic heterocycles. The van der Waals surface area contributed by atoms with E-state index in [1.54, 1.807) is 40.4 Å². The van der Waals surface area contributed by atoms with Gasteiger partial charge in [-0.05, 0) is 32.9 Å². The number of ether oxygens (including phenoxy) is 1. The van der Waals surface area contributed by atoms with Gasteiger partial charge in [0.25, 0.3) is 0 Å². The van der Waals surface area contributed by atoms with Gasteiger partial charge in [-0.15, -0.1) is 0 Å². The highest BCUT2D eigenvalue weighted by molar-refractivity contribution is 8.01. The Labute approximate surface area is 156 Å². The minimum absolute atomic E-state index is 0.236. The second-order valence-corrected chi connectivity index (χ2v) is 9.08. The molecule has 3 heterocycles. The molecule has 6 nitrogen and oxygen atoms in total. The van der Waals surface area contributed by atoms with E-state index >= 15 is 0 Å². The number of anilines is 1. The van der Waals surface area contributed by atoms with Gasteiger partial charge in [0.05, 0.1) is 10.4 Å². The molecule has 0 spiro atoms. The summed E-state index contributed by atoms with van der Waals surface area (Å²) in [5.74, 6) is 0. The van der Waals surface area contributed by atoms with Gasteiger partial charge in [0.1, 0.15) is 5.60 Å². The molecule has 0 aromatic carbocycles. The summed E-state index contributed by atoms with van der Waals surface area (Å²) in [4.78, 5) is 25.8. The van der Waals surface area contributed by atoms with Crippen molar-refractivity contribution in [3.8, 4) is 0 Å². The van der Waals surface area contributed by atoms with Crippen LogP contribution in [0, 0.1) is 0 Å². The highest BCUT2D eigenvalue weighted by atomic mass is 32.2. The Morgan fingerprint density at radius 3 is 2.52 bits per heavy atom. The largest absolute Gasteiger partial charge is 0.444 e. The fourth-order valence-corrected chi connectivity index (χ4v) is 4.35. The third-order valence-electron chi connectivity index (χ3n) is 3.54. The Morgan fingerprint density at radius 2 is 1.88 bits per heavy atom. The summed E-state index contributed by atoms with van der Waals surface area (Å²) < 4.78 is 6.58. The van der Waals surface area contributed by atoms with Crippen LogP contribution < -0.4 is 4.90 Å². The predicted octanol–water partition coefficient (Wildman–Crippen LogP) is 3.75. The van der Waals surface area contributed by atoms with Crippen LogP contribution in [-0.2, 0) is 4.74 Å². The van der Waals surface area contributed by atoms with E-state index in [9.17, 15) is 4.79 Å². The van der Waals surface area contributed by atoms with Crippen LogP contribution in [0.1, 0.15) is 20.8 Å². The zero-order valence-corrected chi connectivity index (χ0v) is 16.3. The first-order valence-electron chi connectivity index (χ1n) is 8.17. The number of carbonyl (C=O) groups excluding carboxylic acids is 1. The summed E-state index contributed by atoms with van der Waals surface area (Å²) in [6.07, 6.45) is 5.26. The highest BCUT2D eigenvalue weighted by Crippen LogP contribution is 2.35. The van der Waals surface area contributed by atoms with Crippen molar-refractivity contribution in [2.24, 2.45) is 0 Å². The summed E-state index contributed by atoms with van der Waals surface area (Å²) >= 11 is 3.37. The molecule has 1 saturated heterocycles. The monoisotopic (exact) mass is 378 g/mol. The van der Waals surface area contributed by atoms with Gasteiger partial charge in [0.2, 0.25) is 0 Å². The van der Waals surface area contributed by atoms with Crippen LogP contribution in [0.25, 0.3) is 0 Å². The maximum atomic E-state index is 12.1. The third-order valence-corrected chi connectivity index (χ3v) is 5.71. The minimum atomic E-state index is -0.456. The van der Waals surface area contributed by atoms with Gasteiger partial charge in [-0.3, -0.25) is 4.98 Å². The molecule has 0 aliphatic carbocycles. The molecular formula is C17H22N4O2S2. The molecule has 8 heteroatoms. The number of carbonyl (C=O) groups is 1. The number of thiazole rings is 1. The molecule has 0 radical (unpaired) electrons. The van der Waals surface area contributed by atoms with Crippen LogP contribution in [0.3, 0.4) is 0 Å². The first kappa shape index (κ1) is 18.0. The summed E-state index contributed by atoms with van der Waals surface area (Å²) in [6.45, 7) is 8.51. The van der Waals surface area contributed by atoms with Gasteiger partial charge >= 0.3 is 6.09 Å². The average molecular weight is 379 g/mol. The van der Waals surface area contributed by atoms with E-state index in [2.05, 4.69) is 14.9 Å². The maximum Gasteiger partial charge on any atom is 0.410 e. The van der Waals surface area contributed by atoms with Crippen LogP contribution in [0.2, 0.25) is 0 Å². The molecule has 0 unspecified atom stereocenters. The number of rotatable bonds is 3. The van der Waals surface area contributed by atoms with E-state index < -0.39 is 5.60 Å². The van der Waals surface area contributed by atoms with Crippen molar-refractivity contribution >= 4 is 34.3 Å². The fourth-order valence-electron chi connectivity index (χ4n) is 2.37. The summed E-state index contributed by atoms with van der Waals surface area (Å²) in [5.41, 5.74) is -0.456. The fraction of sp³-hybridized carbons (Fsp3) is 0.471. The summed E-state index contributed by atoms with van der Waals surface area (Å²) in [6, 6.07) is 3.98. The van der Waals surface area contributed by atoms with Crippen molar-refractivity contribution in [3.63, 3.8) is 0 Å². The number of aromatic nitrogens is 2. The van der Waals surface area contributed by atoms with E-state index in [1.165, 1.54) is 0 Å². The topological polar surface area (TPSA) is 58.6 Å². The molecule has 1 amide bonds. The average Bonchev–Trinajstić information content (AvgIpc) is 3.03. The minimum Gasteiger partial charge on any atom is -0.444 e. The standard InChI is InChI=1S/C17H22N4O2S2/c1-17(2,3)23-16(22)21-10-8-20(9-11-21)15-19-12-14(25-15)24-13-4-6-18-7-5-13/h4-7,12H,8-11H2,1-3H3. The van der Waals surface area contributed by atoms with E-state index in [0.717, 1.165) is 27.3 Å². The number of hydrogen-bond acceptors (Lipinski definition) is 7. The lowest BCUT2D eigenvalue weighted by atomic mass is 10.2. The van der Waals surface area contributed by atoms with Crippen LogP contribution in [-0.4, -0.2) is 52.7 Å². The molecule has 0 N–H and O–H groups in total. The first-order chi connectivity index (χ1) is 11.9. The SMILES string of the molecule is CC(C)(C)OC(=O)N1CCN(c2ncc(Sc3ccncc3)s2)CC1. The smallest absolute Gasteiger partial charge is 0.410 e. The molecule has 0 atom stereocenters. The van der Waals surface area contributed by atoms with Crippen LogP contribution in [0.5, 0.6) is 0 Å². The van der Waals surface area contributed by atoms with Crippen LogP contribution in [0.4, 0.5) is 9.93 Å². The van der Waals surface area contributed by atoms with Gasteiger partial charge in [0, 0.05) is 43.5 Å². The number of piperazine rings is 1.